The molecule has 1 aromatic rings. The number of thiazole rings is 1. The smallest absolute Gasteiger partial charge is 0.109 e. The molecule has 3 nitrogen and oxygen atoms in total. The lowest BCUT2D eigenvalue weighted by molar-refractivity contribution is 0.351. The van der Waals surface area contributed by atoms with Gasteiger partial charge >= 0.3 is 0 Å². The summed E-state index contributed by atoms with van der Waals surface area (Å²) in [5.41, 5.74) is 5.82. The quantitative estimate of drug-likeness (QED) is 0.819. The van der Waals surface area contributed by atoms with Gasteiger partial charge in [0.1, 0.15) is 5.01 Å². The molecule has 3 atom stereocenters. The maximum Gasteiger partial charge on any atom is 0.109 e. The number of rotatable bonds is 6. The monoisotopic (exact) mass is 253 g/mol. The van der Waals surface area contributed by atoms with Gasteiger partial charge in [-0.3, -0.25) is 0 Å². The second-order valence-electron chi connectivity index (χ2n) is 4.93. The molecule has 4 heteroatoms. The minimum absolute atomic E-state index is 0.425. The van der Waals surface area contributed by atoms with E-state index in [0.29, 0.717) is 6.04 Å². The van der Waals surface area contributed by atoms with Crippen molar-refractivity contribution in [2.24, 2.45) is 17.6 Å². The van der Waals surface area contributed by atoms with E-state index in [1.807, 2.05) is 6.20 Å². The third-order valence-electron chi connectivity index (χ3n) is 3.90. The van der Waals surface area contributed by atoms with Crippen LogP contribution in [0.4, 0.5) is 0 Å². The maximum absolute atomic E-state index is 5.82. The van der Waals surface area contributed by atoms with E-state index in [0.717, 1.165) is 31.3 Å². The lowest BCUT2D eigenvalue weighted by atomic mass is 9.96. The van der Waals surface area contributed by atoms with E-state index >= 15 is 0 Å². The molecule has 2 rings (SSSR count). The van der Waals surface area contributed by atoms with Gasteiger partial charge in [-0.1, -0.05) is 13.3 Å². The number of hydrogen-bond donors (Lipinski definition) is 2. The zero-order chi connectivity index (χ0) is 12.1. The predicted molar refractivity (Wildman–Crippen MR) is 73.0 cm³/mol. The fourth-order valence-electron chi connectivity index (χ4n) is 2.80. The van der Waals surface area contributed by atoms with Crippen LogP contribution in [0.25, 0.3) is 0 Å². The standard InChI is InChI=1S/C13H23N3S/c1-2-12(13-15-6-7-17-13)16-9-11-5-3-4-10(11)8-14/h6-7,10-12,16H,2-5,8-9,14H2,1H3. The van der Waals surface area contributed by atoms with Gasteiger partial charge in [0.05, 0.1) is 6.04 Å². The van der Waals surface area contributed by atoms with Crippen LogP contribution >= 0.6 is 11.3 Å². The van der Waals surface area contributed by atoms with Crippen molar-refractivity contribution in [3.05, 3.63) is 16.6 Å². The van der Waals surface area contributed by atoms with E-state index in [1.54, 1.807) is 11.3 Å². The second-order valence-corrected chi connectivity index (χ2v) is 5.85. The Kier molecular flexibility index (Phi) is 4.95. The summed E-state index contributed by atoms with van der Waals surface area (Å²) >= 11 is 1.75. The van der Waals surface area contributed by atoms with Gasteiger partial charge in [0.25, 0.3) is 0 Å². The molecule has 0 saturated heterocycles. The third-order valence-corrected chi connectivity index (χ3v) is 4.79. The summed E-state index contributed by atoms with van der Waals surface area (Å²) in [6.07, 6.45) is 7.00. The average Bonchev–Trinajstić information content (AvgIpc) is 2.99. The van der Waals surface area contributed by atoms with Crippen molar-refractivity contribution in [1.29, 1.82) is 0 Å². The molecule has 3 N–H and O–H groups in total. The van der Waals surface area contributed by atoms with Crippen molar-refractivity contribution in [3.8, 4) is 0 Å². The van der Waals surface area contributed by atoms with Crippen molar-refractivity contribution >= 4 is 11.3 Å². The van der Waals surface area contributed by atoms with Crippen LogP contribution in [0.3, 0.4) is 0 Å². The minimum atomic E-state index is 0.425. The van der Waals surface area contributed by atoms with Crippen molar-refractivity contribution in [2.45, 2.75) is 38.6 Å². The second kappa shape index (κ2) is 6.47. The number of hydrogen-bond acceptors (Lipinski definition) is 4. The fraction of sp³-hybridized carbons (Fsp3) is 0.769. The lowest BCUT2D eigenvalue weighted by Crippen LogP contribution is -2.31. The van der Waals surface area contributed by atoms with Crippen LogP contribution in [-0.4, -0.2) is 18.1 Å². The van der Waals surface area contributed by atoms with Crippen LogP contribution in [0.15, 0.2) is 11.6 Å². The van der Waals surface area contributed by atoms with Crippen LogP contribution in [0, 0.1) is 11.8 Å². The summed E-state index contributed by atoms with van der Waals surface area (Å²) < 4.78 is 0. The highest BCUT2D eigenvalue weighted by atomic mass is 32.1. The van der Waals surface area contributed by atoms with Crippen LogP contribution < -0.4 is 11.1 Å². The molecule has 1 saturated carbocycles. The molecule has 1 aliphatic carbocycles. The highest BCUT2D eigenvalue weighted by Crippen LogP contribution is 2.31. The Morgan fingerprint density at radius 1 is 1.53 bits per heavy atom. The zero-order valence-corrected chi connectivity index (χ0v) is 11.4. The summed E-state index contributed by atoms with van der Waals surface area (Å²) in [6, 6.07) is 0.425. The van der Waals surface area contributed by atoms with Crippen LogP contribution in [0.2, 0.25) is 0 Å². The average molecular weight is 253 g/mol. The normalized spacial score (nSPS) is 26.2. The number of nitrogens with one attached hydrogen (secondary N) is 1. The Morgan fingerprint density at radius 2 is 2.35 bits per heavy atom. The first kappa shape index (κ1) is 13.0. The molecule has 0 bridgehead atoms. The van der Waals surface area contributed by atoms with Crippen LogP contribution in [-0.2, 0) is 0 Å². The summed E-state index contributed by atoms with van der Waals surface area (Å²) in [7, 11) is 0. The summed E-state index contributed by atoms with van der Waals surface area (Å²) in [6.45, 7) is 4.16. The van der Waals surface area contributed by atoms with Gasteiger partial charge in [-0.2, -0.15) is 0 Å². The Labute approximate surface area is 108 Å². The SMILES string of the molecule is CCC(NCC1CCCC1CN)c1nccs1. The Morgan fingerprint density at radius 3 is 3.00 bits per heavy atom. The number of nitrogens with zero attached hydrogens (tertiary/aromatic N) is 1. The molecule has 1 aromatic heterocycles. The molecule has 3 unspecified atom stereocenters. The molecule has 0 spiro atoms. The highest BCUT2D eigenvalue weighted by Gasteiger charge is 2.26. The molecule has 0 radical (unpaired) electrons. The third kappa shape index (κ3) is 3.27. The van der Waals surface area contributed by atoms with Crippen LogP contribution in [0.5, 0.6) is 0 Å². The van der Waals surface area contributed by atoms with E-state index in [1.165, 1.54) is 24.3 Å². The lowest BCUT2D eigenvalue weighted by Gasteiger charge is -2.21. The van der Waals surface area contributed by atoms with E-state index in [2.05, 4.69) is 22.6 Å². The molecule has 0 aliphatic heterocycles. The molecule has 17 heavy (non-hydrogen) atoms. The topological polar surface area (TPSA) is 50.9 Å². The van der Waals surface area contributed by atoms with Crippen molar-refractivity contribution in [3.63, 3.8) is 0 Å². The van der Waals surface area contributed by atoms with Gasteiger partial charge in [-0.05, 0) is 44.2 Å². The maximum atomic E-state index is 5.82. The van der Waals surface area contributed by atoms with E-state index in [-0.39, 0.29) is 0 Å². The minimum Gasteiger partial charge on any atom is -0.330 e. The largest absolute Gasteiger partial charge is 0.330 e. The van der Waals surface area contributed by atoms with Gasteiger partial charge in [-0.15, -0.1) is 11.3 Å². The number of aromatic nitrogens is 1. The van der Waals surface area contributed by atoms with Crippen molar-refractivity contribution in [2.75, 3.05) is 13.1 Å². The first-order valence-electron chi connectivity index (χ1n) is 6.68. The van der Waals surface area contributed by atoms with Gasteiger partial charge < -0.3 is 11.1 Å². The molecule has 0 aromatic carbocycles. The van der Waals surface area contributed by atoms with E-state index < -0.39 is 0 Å². The van der Waals surface area contributed by atoms with E-state index in [4.69, 9.17) is 5.73 Å². The molecule has 1 fully saturated rings. The van der Waals surface area contributed by atoms with Gasteiger partial charge in [0.2, 0.25) is 0 Å². The van der Waals surface area contributed by atoms with Gasteiger partial charge in [0, 0.05) is 11.6 Å². The zero-order valence-electron chi connectivity index (χ0n) is 10.6. The van der Waals surface area contributed by atoms with Crippen molar-refractivity contribution in [1.82, 2.24) is 10.3 Å². The highest BCUT2D eigenvalue weighted by molar-refractivity contribution is 7.09. The van der Waals surface area contributed by atoms with Gasteiger partial charge in [0.15, 0.2) is 0 Å². The molecule has 96 valence electrons. The first-order valence-corrected chi connectivity index (χ1v) is 7.56. The predicted octanol–water partition coefficient (Wildman–Crippen LogP) is 2.56. The Bertz CT molecular complexity index is 312. The molecule has 1 heterocycles. The summed E-state index contributed by atoms with van der Waals surface area (Å²) in [5, 5.41) is 6.94. The summed E-state index contributed by atoms with van der Waals surface area (Å²) in [4.78, 5) is 4.40. The van der Waals surface area contributed by atoms with Crippen LogP contribution in [0.1, 0.15) is 43.7 Å². The first-order chi connectivity index (χ1) is 8.35. The van der Waals surface area contributed by atoms with Crippen molar-refractivity contribution < 1.29 is 0 Å². The van der Waals surface area contributed by atoms with E-state index in [9.17, 15) is 0 Å². The molecule has 0 amide bonds. The Balaban J connectivity index is 1.84. The molecular weight excluding hydrogens is 230 g/mol. The summed E-state index contributed by atoms with van der Waals surface area (Å²) in [5.74, 6) is 1.50. The molecular formula is C13H23N3S. The molecule has 1 aliphatic rings. The Hall–Kier alpha value is -0.450. The number of nitrogens with two attached hydrogens (primary N) is 1. The fourth-order valence-corrected chi connectivity index (χ4v) is 3.60. The van der Waals surface area contributed by atoms with Gasteiger partial charge in [-0.25, -0.2) is 4.98 Å².